The van der Waals surface area contributed by atoms with Crippen LogP contribution < -0.4 is 10.9 Å². The number of carbonyl (C=O) groups is 2. The second-order valence-electron chi connectivity index (χ2n) is 4.80. The van der Waals surface area contributed by atoms with Gasteiger partial charge in [-0.2, -0.15) is 0 Å². The van der Waals surface area contributed by atoms with E-state index in [-0.39, 0.29) is 17.2 Å². The van der Waals surface area contributed by atoms with Crippen LogP contribution in [0, 0.1) is 5.92 Å². The van der Waals surface area contributed by atoms with E-state index in [0.29, 0.717) is 6.42 Å². The van der Waals surface area contributed by atoms with Gasteiger partial charge in [-0.25, -0.2) is 4.79 Å². The number of rotatable bonds is 5. The molecular weight excluding hydrogens is 248 g/mol. The molecule has 2 N–H and O–H groups in total. The van der Waals surface area contributed by atoms with E-state index in [1.54, 1.807) is 0 Å². The molecule has 0 aliphatic carbocycles. The van der Waals surface area contributed by atoms with Crippen molar-refractivity contribution in [3.63, 3.8) is 0 Å². The number of nitrogens with one attached hydrogen (secondary N) is 1. The number of amides is 1. The summed E-state index contributed by atoms with van der Waals surface area (Å²) in [6, 6.07) is 3.32. The smallest absolute Gasteiger partial charge is 0.326 e. The molecule has 6 nitrogen and oxygen atoms in total. The van der Waals surface area contributed by atoms with Crippen LogP contribution in [0.15, 0.2) is 23.0 Å². The van der Waals surface area contributed by atoms with Gasteiger partial charge in [0.2, 0.25) is 0 Å². The summed E-state index contributed by atoms with van der Waals surface area (Å²) in [5, 5.41) is 11.5. The number of pyridine rings is 1. The van der Waals surface area contributed by atoms with Crippen LogP contribution in [0.2, 0.25) is 0 Å². The van der Waals surface area contributed by atoms with Crippen LogP contribution in [-0.4, -0.2) is 27.6 Å². The summed E-state index contributed by atoms with van der Waals surface area (Å²) in [6.07, 6.45) is 0.335. The summed E-state index contributed by atoms with van der Waals surface area (Å²) in [4.78, 5) is 34.5. The van der Waals surface area contributed by atoms with E-state index in [4.69, 9.17) is 5.11 Å². The Morgan fingerprint density at radius 2 is 2.00 bits per heavy atom. The Morgan fingerprint density at radius 3 is 2.53 bits per heavy atom. The summed E-state index contributed by atoms with van der Waals surface area (Å²) in [5.41, 5.74) is -0.175. The van der Waals surface area contributed by atoms with Gasteiger partial charge in [0.05, 0.1) is 0 Å². The van der Waals surface area contributed by atoms with Crippen LogP contribution >= 0.6 is 0 Å². The predicted octanol–water partition coefficient (Wildman–Crippen LogP) is 0.614. The molecule has 1 amide bonds. The third-order valence-corrected chi connectivity index (χ3v) is 2.73. The Morgan fingerprint density at radius 1 is 1.37 bits per heavy atom. The molecule has 0 aliphatic heterocycles. The van der Waals surface area contributed by atoms with Crippen molar-refractivity contribution in [3.05, 3.63) is 34.2 Å². The number of carboxylic acid groups (broad SMARTS) is 1. The Balaban J connectivity index is 2.91. The first-order valence-electron chi connectivity index (χ1n) is 6.02. The molecule has 0 saturated heterocycles. The quantitative estimate of drug-likeness (QED) is 0.817. The van der Waals surface area contributed by atoms with Crippen molar-refractivity contribution in [1.82, 2.24) is 9.88 Å². The first-order valence-corrected chi connectivity index (χ1v) is 6.02. The molecule has 1 aromatic rings. The number of hydrogen-bond donors (Lipinski definition) is 2. The van der Waals surface area contributed by atoms with Gasteiger partial charge in [-0.15, -0.1) is 0 Å². The number of aliphatic carboxylic acids is 1. The molecule has 0 bridgehead atoms. The van der Waals surface area contributed by atoms with E-state index >= 15 is 0 Å². The van der Waals surface area contributed by atoms with Crippen molar-refractivity contribution in [2.75, 3.05) is 0 Å². The molecule has 0 aliphatic rings. The van der Waals surface area contributed by atoms with Crippen molar-refractivity contribution in [1.29, 1.82) is 0 Å². The third kappa shape index (κ3) is 3.94. The van der Waals surface area contributed by atoms with Gasteiger partial charge in [0.15, 0.2) is 0 Å². The molecule has 19 heavy (non-hydrogen) atoms. The minimum Gasteiger partial charge on any atom is -0.480 e. The lowest BCUT2D eigenvalue weighted by molar-refractivity contribution is -0.139. The lowest BCUT2D eigenvalue weighted by Gasteiger charge is -2.17. The minimum absolute atomic E-state index is 0.140. The zero-order chi connectivity index (χ0) is 14.6. The van der Waals surface area contributed by atoms with Crippen molar-refractivity contribution < 1.29 is 14.7 Å². The maximum absolute atomic E-state index is 12.0. The largest absolute Gasteiger partial charge is 0.480 e. The monoisotopic (exact) mass is 266 g/mol. The van der Waals surface area contributed by atoms with E-state index in [2.05, 4.69) is 5.32 Å². The molecule has 0 fully saturated rings. The van der Waals surface area contributed by atoms with E-state index < -0.39 is 17.9 Å². The van der Waals surface area contributed by atoms with Crippen LogP contribution in [0.5, 0.6) is 0 Å². The lowest BCUT2D eigenvalue weighted by atomic mass is 10.0. The Labute approximate surface area is 111 Å². The molecule has 1 atom stereocenters. The maximum atomic E-state index is 12.0. The third-order valence-electron chi connectivity index (χ3n) is 2.73. The van der Waals surface area contributed by atoms with Gasteiger partial charge in [-0.1, -0.05) is 19.9 Å². The molecule has 1 rings (SSSR count). The fourth-order valence-corrected chi connectivity index (χ4v) is 1.72. The van der Waals surface area contributed by atoms with Crippen molar-refractivity contribution in [3.8, 4) is 0 Å². The summed E-state index contributed by atoms with van der Waals surface area (Å²) < 4.78 is 1.18. The summed E-state index contributed by atoms with van der Waals surface area (Å²) in [6.45, 7) is 3.75. The molecule has 0 radical (unpaired) electrons. The summed E-state index contributed by atoms with van der Waals surface area (Å²) in [5.74, 6) is -1.50. The standard InChI is InChI=1S/C13H18N2O4/c1-8(2)7-9(13(18)19)14-12(17)10-5-4-6-11(16)15(10)3/h4-6,8-9H,7H2,1-3H3,(H,14,17)(H,18,19). The van der Waals surface area contributed by atoms with E-state index in [1.165, 1.54) is 29.8 Å². The summed E-state index contributed by atoms with van der Waals surface area (Å²) in [7, 11) is 1.47. The van der Waals surface area contributed by atoms with Gasteiger partial charge in [-0.05, 0) is 18.4 Å². The highest BCUT2D eigenvalue weighted by molar-refractivity contribution is 5.95. The summed E-state index contributed by atoms with van der Waals surface area (Å²) >= 11 is 0. The van der Waals surface area contributed by atoms with Crippen LogP contribution in [-0.2, 0) is 11.8 Å². The zero-order valence-corrected chi connectivity index (χ0v) is 11.2. The predicted molar refractivity (Wildman–Crippen MR) is 70.0 cm³/mol. The normalized spacial score (nSPS) is 12.2. The second kappa shape index (κ2) is 6.17. The van der Waals surface area contributed by atoms with Crippen molar-refractivity contribution in [2.45, 2.75) is 26.3 Å². The first kappa shape index (κ1) is 14.9. The van der Waals surface area contributed by atoms with E-state index in [9.17, 15) is 14.4 Å². The molecule has 6 heteroatoms. The van der Waals surface area contributed by atoms with Gasteiger partial charge < -0.3 is 15.0 Å². The average Bonchev–Trinajstić information content (AvgIpc) is 2.31. The van der Waals surface area contributed by atoms with Crippen LogP contribution in [0.25, 0.3) is 0 Å². The molecule has 0 aromatic carbocycles. The molecule has 0 saturated carbocycles. The molecule has 104 valence electrons. The first-order chi connectivity index (χ1) is 8.82. The molecule has 1 unspecified atom stereocenters. The van der Waals surface area contributed by atoms with Gasteiger partial charge in [0.1, 0.15) is 11.7 Å². The fourth-order valence-electron chi connectivity index (χ4n) is 1.72. The Bertz CT molecular complexity index is 534. The van der Waals surface area contributed by atoms with Crippen LogP contribution in [0.4, 0.5) is 0 Å². The lowest BCUT2D eigenvalue weighted by Crippen LogP contribution is -2.43. The van der Waals surface area contributed by atoms with Crippen molar-refractivity contribution >= 4 is 11.9 Å². The van der Waals surface area contributed by atoms with Crippen LogP contribution in [0.3, 0.4) is 0 Å². The fraction of sp³-hybridized carbons (Fsp3) is 0.462. The number of nitrogens with zero attached hydrogens (tertiary/aromatic N) is 1. The van der Waals surface area contributed by atoms with E-state index in [1.807, 2.05) is 13.8 Å². The van der Waals surface area contributed by atoms with Crippen LogP contribution in [0.1, 0.15) is 30.8 Å². The number of hydrogen-bond acceptors (Lipinski definition) is 3. The highest BCUT2D eigenvalue weighted by atomic mass is 16.4. The highest BCUT2D eigenvalue weighted by Gasteiger charge is 2.22. The maximum Gasteiger partial charge on any atom is 0.326 e. The zero-order valence-electron chi connectivity index (χ0n) is 11.2. The van der Waals surface area contributed by atoms with Gasteiger partial charge >= 0.3 is 5.97 Å². The number of carboxylic acids is 1. The number of carbonyl (C=O) groups excluding carboxylic acids is 1. The average molecular weight is 266 g/mol. The minimum atomic E-state index is -1.08. The van der Waals surface area contributed by atoms with Gasteiger partial charge in [-0.3, -0.25) is 9.59 Å². The van der Waals surface area contributed by atoms with Gasteiger partial charge in [0, 0.05) is 13.1 Å². The molecule has 1 heterocycles. The van der Waals surface area contributed by atoms with Gasteiger partial charge in [0.25, 0.3) is 11.5 Å². The van der Waals surface area contributed by atoms with Crippen molar-refractivity contribution in [2.24, 2.45) is 13.0 Å². The second-order valence-corrected chi connectivity index (χ2v) is 4.80. The highest BCUT2D eigenvalue weighted by Crippen LogP contribution is 2.06. The topological polar surface area (TPSA) is 88.4 Å². The Kier molecular flexibility index (Phi) is 4.86. The SMILES string of the molecule is CC(C)CC(NC(=O)c1cccc(=O)n1C)C(=O)O. The number of aromatic nitrogens is 1. The van der Waals surface area contributed by atoms with E-state index in [0.717, 1.165) is 0 Å². The molecular formula is C13H18N2O4. The Hall–Kier alpha value is -2.11. The molecule has 1 aromatic heterocycles. The molecule has 0 spiro atoms.